The number of rotatable bonds is 5. The van der Waals surface area contributed by atoms with Crippen LogP contribution in [0.2, 0.25) is 5.02 Å². The predicted molar refractivity (Wildman–Crippen MR) is 123 cm³/mol. The summed E-state index contributed by atoms with van der Waals surface area (Å²) in [6, 6.07) is 23.5. The van der Waals surface area contributed by atoms with E-state index in [1.807, 2.05) is 71.6 Å². The molecule has 1 atom stereocenters. The van der Waals surface area contributed by atoms with Crippen LogP contribution in [0.15, 0.2) is 72.8 Å². The number of amides is 1. The van der Waals surface area contributed by atoms with E-state index in [1.54, 1.807) is 7.11 Å². The van der Waals surface area contributed by atoms with E-state index in [-0.39, 0.29) is 11.8 Å². The van der Waals surface area contributed by atoms with Crippen LogP contribution >= 0.6 is 11.6 Å². The molecule has 1 aliphatic heterocycles. The normalized spacial score (nSPS) is 16.3. The Labute approximate surface area is 185 Å². The number of imidazole rings is 1. The highest BCUT2D eigenvalue weighted by molar-refractivity contribution is 6.31. The van der Waals surface area contributed by atoms with Crippen molar-refractivity contribution in [3.63, 3.8) is 0 Å². The number of aromatic nitrogens is 2. The number of hydrogen-bond acceptors (Lipinski definition) is 3. The van der Waals surface area contributed by atoms with Gasteiger partial charge >= 0.3 is 0 Å². The van der Waals surface area contributed by atoms with Gasteiger partial charge in [-0.3, -0.25) is 4.79 Å². The van der Waals surface area contributed by atoms with E-state index in [4.69, 9.17) is 21.3 Å². The lowest BCUT2D eigenvalue weighted by molar-refractivity contribution is -0.117. The first-order valence-electron chi connectivity index (χ1n) is 10.3. The average Bonchev–Trinajstić information content (AvgIpc) is 3.36. The third kappa shape index (κ3) is 3.66. The molecule has 5 nitrogen and oxygen atoms in total. The highest BCUT2D eigenvalue weighted by atomic mass is 35.5. The predicted octanol–water partition coefficient (Wildman–Crippen LogP) is 5.27. The number of hydrogen-bond donors (Lipinski definition) is 0. The van der Waals surface area contributed by atoms with E-state index in [1.165, 1.54) is 0 Å². The molecular weight excluding hydrogens is 410 g/mol. The van der Waals surface area contributed by atoms with E-state index in [2.05, 4.69) is 10.6 Å². The van der Waals surface area contributed by atoms with Crippen LogP contribution in [-0.2, 0) is 11.3 Å². The number of nitrogens with zero attached hydrogens (tertiary/aromatic N) is 3. The molecule has 156 valence electrons. The first-order valence-corrected chi connectivity index (χ1v) is 10.6. The highest BCUT2D eigenvalue weighted by Gasteiger charge is 2.35. The number of ether oxygens (including phenoxy) is 1. The van der Waals surface area contributed by atoms with E-state index in [0.29, 0.717) is 19.5 Å². The van der Waals surface area contributed by atoms with Gasteiger partial charge in [0.2, 0.25) is 5.91 Å². The zero-order chi connectivity index (χ0) is 21.4. The number of carbonyl (C=O) groups is 1. The molecule has 0 bridgehead atoms. The fourth-order valence-corrected chi connectivity index (χ4v) is 4.46. The van der Waals surface area contributed by atoms with E-state index >= 15 is 0 Å². The smallest absolute Gasteiger partial charge is 0.227 e. The lowest BCUT2D eigenvalue weighted by Crippen LogP contribution is -2.24. The van der Waals surface area contributed by atoms with Crippen LogP contribution in [-0.4, -0.2) is 29.1 Å². The summed E-state index contributed by atoms with van der Waals surface area (Å²) in [5, 5.41) is 0.730. The maximum absolute atomic E-state index is 12.9. The molecule has 1 aliphatic rings. The van der Waals surface area contributed by atoms with Crippen LogP contribution < -0.4 is 9.64 Å². The minimum Gasteiger partial charge on any atom is -0.497 e. The second-order valence-corrected chi connectivity index (χ2v) is 8.15. The van der Waals surface area contributed by atoms with Crippen molar-refractivity contribution in [1.82, 2.24) is 9.55 Å². The molecule has 31 heavy (non-hydrogen) atoms. The fourth-order valence-electron chi connectivity index (χ4n) is 4.26. The molecule has 1 saturated heterocycles. The molecule has 0 radical (unpaired) electrons. The second kappa shape index (κ2) is 8.08. The first-order chi connectivity index (χ1) is 15.1. The molecule has 3 aromatic carbocycles. The van der Waals surface area contributed by atoms with Crippen LogP contribution in [0.5, 0.6) is 5.75 Å². The Morgan fingerprint density at radius 1 is 1.03 bits per heavy atom. The van der Waals surface area contributed by atoms with E-state index in [9.17, 15) is 4.79 Å². The minimum absolute atomic E-state index is 0.00416. The topological polar surface area (TPSA) is 47.4 Å². The summed E-state index contributed by atoms with van der Waals surface area (Å²) in [6.07, 6.45) is 0.428. The Hall–Kier alpha value is -3.31. The molecule has 0 N–H and O–H groups in total. The molecule has 0 saturated carbocycles. The number of para-hydroxylation sites is 2. The number of benzene rings is 3. The lowest BCUT2D eigenvalue weighted by Gasteiger charge is -2.18. The molecule has 0 spiro atoms. The maximum Gasteiger partial charge on any atom is 0.227 e. The molecule has 1 unspecified atom stereocenters. The van der Waals surface area contributed by atoms with Crippen molar-refractivity contribution < 1.29 is 9.53 Å². The Balaban J connectivity index is 1.51. The van der Waals surface area contributed by atoms with Crippen molar-refractivity contribution in [2.24, 2.45) is 0 Å². The Morgan fingerprint density at radius 2 is 1.77 bits per heavy atom. The standard InChI is InChI=1S/C25H22ClN3O2/c1-31-20-12-10-19(11-13-20)28-16-18(14-24(28)30)25-27-22-8-4-5-9-23(22)29(25)15-17-6-2-3-7-21(17)26/h2-13,18H,14-16H2,1H3. The van der Waals surface area contributed by atoms with Crippen LogP contribution in [0.25, 0.3) is 11.0 Å². The van der Waals surface area contributed by atoms with Crippen molar-refractivity contribution in [2.45, 2.75) is 18.9 Å². The average molecular weight is 432 g/mol. The minimum atomic E-state index is 0.00416. The molecule has 4 aromatic rings. The van der Waals surface area contributed by atoms with Gasteiger partial charge in [-0.2, -0.15) is 0 Å². The first kappa shape index (κ1) is 19.6. The number of halogens is 1. The van der Waals surface area contributed by atoms with Gasteiger partial charge in [0.05, 0.1) is 24.7 Å². The molecule has 2 heterocycles. The summed E-state index contributed by atoms with van der Waals surface area (Å²) in [4.78, 5) is 19.7. The second-order valence-electron chi connectivity index (χ2n) is 7.74. The Kier molecular flexibility index (Phi) is 5.12. The largest absolute Gasteiger partial charge is 0.497 e. The van der Waals surface area contributed by atoms with Crippen molar-refractivity contribution in [3.8, 4) is 5.75 Å². The molecular formula is C25H22ClN3O2. The number of methoxy groups -OCH3 is 1. The molecule has 1 amide bonds. The monoisotopic (exact) mass is 431 g/mol. The van der Waals surface area contributed by atoms with Crippen LogP contribution in [0, 0.1) is 0 Å². The SMILES string of the molecule is COc1ccc(N2CC(c3nc4ccccc4n3Cc3ccccc3Cl)CC2=O)cc1. The number of anilines is 1. The zero-order valence-electron chi connectivity index (χ0n) is 17.2. The third-order valence-corrected chi connectivity index (χ3v) is 6.21. The summed E-state index contributed by atoms with van der Waals surface area (Å²) in [7, 11) is 1.63. The van der Waals surface area contributed by atoms with Crippen molar-refractivity contribution in [2.75, 3.05) is 18.6 Å². The molecule has 1 fully saturated rings. The molecule has 0 aliphatic carbocycles. The molecule has 5 rings (SSSR count). The van der Waals surface area contributed by atoms with Gasteiger partial charge < -0.3 is 14.2 Å². The van der Waals surface area contributed by atoms with Crippen molar-refractivity contribution >= 4 is 34.2 Å². The Bertz CT molecular complexity index is 1250. The van der Waals surface area contributed by atoms with Crippen LogP contribution in [0.4, 0.5) is 5.69 Å². The molecule has 6 heteroatoms. The fraction of sp³-hybridized carbons (Fsp3) is 0.200. The summed E-state index contributed by atoms with van der Waals surface area (Å²) >= 11 is 6.45. The van der Waals surface area contributed by atoms with Crippen LogP contribution in [0.3, 0.4) is 0 Å². The van der Waals surface area contributed by atoms with Gasteiger partial charge in [-0.05, 0) is 48.0 Å². The number of carbonyl (C=O) groups excluding carboxylic acids is 1. The van der Waals surface area contributed by atoms with Gasteiger partial charge in [0.25, 0.3) is 0 Å². The Morgan fingerprint density at radius 3 is 2.55 bits per heavy atom. The van der Waals surface area contributed by atoms with E-state index in [0.717, 1.165) is 38.9 Å². The van der Waals surface area contributed by atoms with Gasteiger partial charge in [0, 0.05) is 29.6 Å². The summed E-state index contributed by atoms with van der Waals surface area (Å²) < 4.78 is 7.44. The summed E-state index contributed by atoms with van der Waals surface area (Å²) in [5.41, 5.74) is 3.89. The summed E-state index contributed by atoms with van der Waals surface area (Å²) in [6.45, 7) is 1.21. The number of fused-ring (bicyclic) bond motifs is 1. The molecule has 1 aromatic heterocycles. The van der Waals surface area contributed by atoms with Crippen molar-refractivity contribution in [3.05, 3.63) is 89.2 Å². The van der Waals surface area contributed by atoms with Crippen LogP contribution in [0.1, 0.15) is 23.7 Å². The van der Waals surface area contributed by atoms with Gasteiger partial charge in [0.1, 0.15) is 11.6 Å². The van der Waals surface area contributed by atoms with Gasteiger partial charge in [-0.25, -0.2) is 4.98 Å². The van der Waals surface area contributed by atoms with Gasteiger partial charge in [-0.15, -0.1) is 0 Å². The third-order valence-electron chi connectivity index (χ3n) is 5.84. The lowest BCUT2D eigenvalue weighted by atomic mass is 10.1. The van der Waals surface area contributed by atoms with Gasteiger partial charge in [0.15, 0.2) is 0 Å². The van der Waals surface area contributed by atoms with E-state index < -0.39 is 0 Å². The highest BCUT2D eigenvalue weighted by Crippen LogP contribution is 2.34. The van der Waals surface area contributed by atoms with Crippen molar-refractivity contribution in [1.29, 1.82) is 0 Å². The zero-order valence-corrected chi connectivity index (χ0v) is 17.9. The van der Waals surface area contributed by atoms with Gasteiger partial charge in [-0.1, -0.05) is 41.9 Å². The maximum atomic E-state index is 12.9. The quantitative estimate of drug-likeness (QED) is 0.432. The summed E-state index contributed by atoms with van der Waals surface area (Å²) in [5.74, 6) is 1.80.